The lowest BCUT2D eigenvalue weighted by molar-refractivity contribution is -0.117. The van der Waals surface area contributed by atoms with Crippen molar-refractivity contribution >= 4 is 17.5 Å². The van der Waals surface area contributed by atoms with Crippen molar-refractivity contribution in [3.05, 3.63) is 35.1 Å². The number of hydrogen-bond acceptors (Lipinski definition) is 1. The van der Waals surface area contributed by atoms with Crippen LogP contribution in [-0.4, -0.2) is 11.3 Å². The van der Waals surface area contributed by atoms with Gasteiger partial charge in [-0.25, -0.2) is 4.39 Å². The third kappa shape index (κ3) is 2.70. The molecular weight excluding hydrogens is 205 g/mol. The molecule has 0 bridgehead atoms. The van der Waals surface area contributed by atoms with Crippen molar-refractivity contribution < 1.29 is 9.18 Å². The summed E-state index contributed by atoms with van der Waals surface area (Å²) in [5, 5.41) is -0.780. The van der Waals surface area contributed by atoms with Crippen molar-refractivity contribution in [2.24, 2.45) is 5.73 Å². The van der Waals surface area contributed by atoms with Gasteiger partial charge in [0.15, 0.2) is 0 Å². The molecule has 0 heterocycles. The van der Waals surface area contributed by atoms with E-state index in [1.165, 1.54) is 6.07 Å². The molecule has 4 heteroatoms. The third-order valence-corrected chi connectivity index (χ3v) is 2.33. The maximum Gasteiger partial charge on any atom is 0.235 e. The molecule has 1 amide bonds. The van der Waals surface area contributed by atoms with Crippen molar-refractivity contribution in [3.8, 4) is 0 Å². The van der Waals surface area contributed by atoms with Crippen LogP contribution in [0.3, 0.4) is 0 Å². The molecule has 1 rings (SSSR count). The Labute approximate surface area is 86.9 Å². The first-order valence-electron chi connectivity index (χ1n) is 4.19. The van der Waals surface area contributed by atoms with E-state index < -0.39 is 11.3 Å². The molecule has 0 saturated heterocycles. The molecule has 1 unspecified atom stereocenters. The van der Waals surface area contributed by atoms with Gasteiger partial charge >= 0.3 is 0 Å². The molecule has 14 heavy (non-hydrogen) atoms. The molecule has 0 aliphatic rings. The van der Waals surface area contributed by atoms with Crippen molar-refractivity contribution in [2.45, 2.75) is 18.7 Å². The number of benzene rings is 1. The van der Waals surface area contributed by atoms with Crippen LogP contribution in [0.15, 0.2) is 18.2 Å². The minimum atomic E-state index is -0.780. The SMILES string of the molecule is Cc1ccc(CC(Cl)C(N)=O)cc1F. The van der Waals surface area contributed by atoms with Crippen LogP contribution >= 0.6 is 11.6 Å². The minimum Gasteiger partial charge on any atom is -0.368 e. The Bertz CT molecular complexity index is 354. The molecular formula is C10H11ClFNO. The van der Waals surface area contributed by atoms with Gasteiger partial charge in [-0.3, -0.25) is 4.79 Å². The second kappa shape index (κ2) is 4.42. The first-order valence-corrected chi connectivity index (χ1v) is 4.62. The van der Waals surface area contributed by atoms with E-state index in [1.807, 2.05) is 0 Å². The zero-order valence-electron chi connectivity index (χ0n) is 7.76. The summed E-state index contributed by atoms with van der Waals surface area (Å²) in [6.07, 6.45) is 0.258. The number of carbonyl (C=O) groups is 1. The molecule has 0 aromatic heterocycles. The maximum absolute atomic E-state index is 13.1. The number of halogens is 2. The summed E-state index contributed by atoms with van der Waals surface area (Å²) >= 11 is 5.65. The van der Waals surface area contributed by atoms with Crippen LogP contribution in [-0.2, 0) is 11.2 Å². The van der Waals surface area contributed by atoms with E-state index in [0.29, 0.717) is 11.1 Å². The molecule has 1 atom stereocenters. The van der Waals surface area contributed by atoms with E-state index in [4.69, 9.17) is 17.3 Å². The lowest BCUT2D eigenvalue weighted by Crippen LogP contribution is -2.25. The van der Waals surface area contributed by atoms with Crippen molar-refractivity contribution in [1.29, 1.82) is 0 Å². The van der Waals surface area contributed by atoms with Gasteiger partial charge in [-0.15, -0.1) is 11.6 Å². The standard InChI is InChI=1S/C10H11ClFNO/c1-6-2-3-7(5-9(6)12)4-8(11)10(13)14/h2-3,5,8H,4H2,1H3,(H2,13,14). The van der Waals surface area contributed by atoms with Gasteiger partial charge in [0.25, 0.3) is 0 Å². The van der Waals surface area contributed by atoms with Gasteiger partial charge in [0.1, 0.15) is 11.2 Å². The van der Waals surface area contributed by atoms with Crippen LogP contribution in [0.25, 0.3) is 0 Å². The fourth-order valence-electron chi connectivity index (χ4n) is 1.07. The zero-order valence-corrected chi connectivity index (χ0v) is 8.51. The van der Waals surface area contributed by atoms with Crippen LogP contribution in [0.4, 0.5) is 4.39 Å². The van der Waals surface area contributed by atoms with Gasteiger partial charge in [-0.1, -0.05) is 12.1 Å². The second-order valence-corrected chi connectivity index (χ2v) is 3.68. The van der Waals surface area contributed by atoms with Gasteiger partial charge < -0.3 is 5.73 Å². The Kier molecular flexibility index (Phi) is 3.47. The molecule has 2 nitrogen and oxygen atoms in total. The van der Waals surface area contributed by atoms with Gasteiger partial charge in [0.2, 0.25) is 5.91 Å². The fourth-order valence-corrected chi connectivity index (χ4v) is 1.25. The fraction of sp³-hybridized carbons (Fsp3) is 0.300. The van der Waals surface area contributed by atoms with Crippen molar-refractivity contribution in [2.75, 3.05) is 0 Å². The van der Waals surface area contributed by atoms with Crippen LogP contribution in [0, 0.1) is 12.7 Å². The first kappa shape index (κ1) is 11.0. The van der Waals surface area contributed by atoms with Crippen LogP contribution in [0.5, 0.6) is 0 Å². The van der Waals surface area contributed by atoms with E-state index in [-0.39, 0.29) is 12.2 Å². The highest BCUT2D eigenvalue weighted by Gasteiger charge is 2.12. The summed E-state index contributed by atoms with van der Waals surface area (Å²) in [4.78, 5) is 10.7. The van der Waals surface area contributed by atoms with Crippen LogP contribution < -0.4 is 5.73 Å². The zero-order chi connectivity index (χ0) is 10.7. The summed E-state index contributed by atoms with van der Waals surface area (Å²) in [6, 6.07) is 4.75. The molecule has 76 valence electrons. The number of alkyl halides is 1. The van der Waals surface area contributed by atoms with E-state index >= 15 is 0 Å². The molecule has 0 spiro atoms. The summed E-state index contributed by atoms with van der Waals surface area (Å²) in [5.41, 5.74) is 6.23. The lowest BCUT2D eigenvalue weighted by atomic mass is 10.1. The predicted molar refractivity (Wildman–Crippen MR) is 53.7 cm³/mol. The number of nitrogens with two attached hydrogens (primary N) is 1. The summed E-state index contributed by atoms with van der Waals surface area (Å²) in [7, 11) is 0. The summed E-state index contributed by atoms with van der Waals surface area (Å²) < 4.78 is 13.1. The van der Waals surface area contributed by atoms with Crippen LogP contribution in [0.1, 0.15) is 11.1 Å². The predicted octanol–water partition coefficient (Wildman–Crippen LogP) is 1.77. The first-order chi connectivity index (χ1) is 6.50. The molecule has 0 radical (unpaired) electrons. The van der Waals surface area contributed by atoms with Crippen LogP contribution in [0.2, 0.25) is 0 Å². The summed E-state index contributed by atoms with van der Waals surface area (Å²) in [5.74, 6) is -0.886. The Morgan fingerprint density at radius 1 is 1.64 bits per heavy atom. The Hall–Kier alpha value is -1.09. The van der Waals surface area contributed by atoms with Gasteiger partial charge in [0, 0.05) is 0 Å². The number of carbonyl (C=O) groups excluding carboxylic acids is 1. The highest BCUT2D eigenvalue weighted by Crippen LogP contribution is 2.12. The number of amides is 1. The van der Waals surface area contributed by atoms with Gasteiger partial charge in [-0.05, 0) is 30.5 Å². The average molecular weight is 216 g/mol. The average Bonchev–Trinajstić information content (AvgIpc) is 2.11. The quantitative estimate of drug-likeness (QED) is 0.768. The maximum atomic E-state index is 13.1. The number of primary amides is 1. The minimum absolute atomic E-state index is 0.258. The second-order valence-electron chi connectivity index (χ2n) is 3.16. The number of aryl methyl sites for hydroxylation is 1. The molecule has 0 aliphatic carbocycles. The molecule has 0 saturated carbocycles. The Morgan fingerprint density at radius 2 is 2.29 bits per heavy atom. The largest absolute Gasteiger partial charge is 0.368 e. The molecule has 1 aromatic rings. The van der Waals surface area contributed by atoms with Gasteiger partial charge in [0.05, 0.1) is 0 Å². The van der Waals surface area contributed by atoms with E-state index in [9.17, 15) is 9.18 Å². The van der Waals surface area contributed by atoms with Crippen molar-refractivity contribution in [1.82, 2.24) is 0 Å². The van der Waals surface area contributed by atoms with E-state index in [1.54, 1.807) is 19.1 Å². The topological polar surface area (TPSA) is 43.1 Å². The molecule has 1 aromatic carbocycles. The lowest BCUT2D eigenvalue weighted by Gasteiger charge is -2.06. The highest BCUT2D eigenvalue weighted by atomic mass is 35.5. The smallest absolute Gasteiger partial charge is 0.235 e. The third-order valence-electron chi connectivity index (χ3n) is 1.96. The normalized spacial score (nSPS) is 12.5. The number of hydrogen-bond donors (Lipinski definition) is 1. The Balaban J connectivity index is 2.78. The number of rotatable bonds is 3. The highest BCUT2D eigenvalue weighted by molar-refractivity contribution is 6.30. The van der Waals surface area contributed by atoms with E-state index in [0.717, 1.165) is 0 Å². The van der Waals surface area contributed by atoms with Gasteiger partial charge in [-0.2, -0.15) is 0 Å². The monoisotopic (exact) mass is 215 g/mol. The van der Waals surface area contributed by atoms with Crippen molar-refractivity contribution in [3.63, 3.8) is 0 Å². The molecule has 2 N–H and O–H groups in total. The summed E-state index contributed by atoms with van der Waals surface area (Å²) in [6.45, 7) is 1.67. The van der Waals surface area contributed by atoms with E-state index in [2.05, 4.69) is 0 Å². The molecule has 0 fully saturated rings. The molecule has 0 aliphatic heterocycles. The Morgan fingerprint density at radius 3 is 2.79 bits per heavy atom.